The van der Waals surface area contributed by atoms with Gasteiger partial charge >= 0.3 is 6.18 Å². The summed E-state index contributed by atoms with van der Waals surface area (Å²) in [7, 11) is 0. The van der Waals surface area contributed by atoms with Gasteiger partial charge in [0.25, 0.3) is 0 Å². The van der Waals surface area contributed by atoms with Crippen molar-refractivity contribution in [3.63, 3.8) is 0 Å². The number of rotatable bonds is 0. The van der Waals surface area contributed by atoms with Gasteiger partial charge in [-0.15, -0.1) is 0 Å². The summed E-state index contributed by atoms with van der Waals surface area (Å²) in [5.41, 5.74) is 0. The Morgan fingerprint density at radius 1 is 1.42 bits per heavy atom. The van der Waals surface area contributed by atoms with Gasteiger partial charge in [-0.25, -0.2) is 0 Å². The maximum Gasteiger partial charge on any atom is 0.393 e. The first-order valence-electron chi connectivity index (χ1n) is 3.66. The van der Waals surface area contributed by atoms with Crippen molar-refractivity contribution in [2.24, 2.45) is 11.8 Å². The number of nitrogens with zero attached hydrogens (tertiary/aromatic N) is 2. The summed E-state index contributed by atoms with van der Waals surface area (Å²) in [5.74, 6) is -1.80. The van der Waals surface area contributed by atoms with Gasteiger partial charge in [-0.05, 0) is 5.92 Å². The van der Waals surface area contributed by atoms with E-state index in [1.165, 1.54) is 6.92 Å². The third-order valence-corrected chi connectivity index (χ3v) is 2.17. The molecule has 5 heteroatoms. The molecular formula is C7H9F3N2. The van der Waals surface area contributed by atoms with E-state index in [0.29, 0.717) is 0 Å². The maximum absolute atomic E-state index is 12.2. The summed E-state index contributed by atoms with van der Waals surface area (Å²) in [6.45, 7) is 1.57. The van der Waals surface area contributed by atoms with E-state index in [1.54, 1.807) is 6.19 Å². The second kappa shape index (κ2) is 2.85. The van der Waals surface area contributed by atoms with Crippen LogP contribution in [0.4, 0.5) is 13.2 Å². The standard InChI is InChI=1S/C7H9F3N2/c1-5-2-12(4-11)3-6(5)7(8,9)10/h5-6H,2-3H2,1H3/t5?,6-/m1/s1. The SMILES string of the molecule is CC1CN(C#N)C[C@H]1C(F)(F)F. The summed E-state index contributed by atoms with van der Waals surface area (Å²) in [4.78, 5) is 1.16. The third-order valence-electron chi connectivity index (χ3n) is 2.17. The van der Waals surface area contributed by atoms with Gasteiger partial charge in [0.2, 0.25) is 0 Å². The molecule has 2 atom stereocenters. The van der Waals surface area contributed by atoms with E-state index in [1.807, 2.05) is 0 Å². The van der Waals surface area contributed by atoms with Crippen molar-refractivity contribution in [1.29, 1.82) is 5.26 Å². The van der Waals surface area contributed by atoms with Crippen molar-refractivity contribution in [2.75, 3.05) is 13.1 Å². The Kier molecular flexibility index (Phi) is 2.18. The highest BCUT2D eigenvalue weighted by Crippen LogP contribution is 2.36. The number of nitriles is 1. The van der Waals surface area contributed by atoms with Gasteiger partial charge in [0, 0.05) is 13.1 Å². The van der Waals surface area contributed by atoms with Gasteiger partial charge in [-0.2, -0.15) is 18.4 Å². The molecule has 1 heterocycles. The molecular weight excluding hydrogens is 169 g/mol. The molecule has 0 bridgehead atoms. The molecule has 2 nitrogen and oxygen atoms in total. The summed E-state index contributed by atoms with van der Waals surface area (Å²) in [6, 6.07) is 0. The van der Waals surface area contributed by atoms with Crippen LogP contribution in [0.15, 0.2) is 0 Å². The Hall–Kier alpha value is -0.920. The van der Waals surface area contributed by atoms with Crippen LogP contribution >= 0.6 is 0 Å². The molecule has 0 aliphatic carbocycles. The molecule has 1 rings (SSSR count). The predicted octanol–water partition coefficient (Wildman–Crippen LogP) is 1.60. The number of likely N-dealkylation sites (tertiary alicyclic amines) is 1. The smallest absolute Gasteiger partial charge is 0.310 e. The summed E-state index contributed by atoms with van der Waals surface area (Å²) in [5, 5.41) is 8.38. The topological polar surface area (TPSA) is 27.0 Å². The average Bonchev–Trinajstić information content (AvgIpc) is 2.29. The molecule has 1 fully saturated rings. The van der Waals surface area contributed by atoms with Crippen LogP contribution in [0.2, 0.25) is 0 Å². The maximum atomic E-state index is 12.2. The number of hydrogen-bond donors (Lipinski definition) is 0. The molecule has 0 spiro atoms. The van der Waals surface area contributed by atoms with E-state index in [9.17, 15) is 13.2 Å². The Labute approximate surface area is 68.6 Å². The molecule has 0 radical (unpaired) electrons. The molecule has 0 saturated carbocycles. The van der Waals surface area contributed by atoms with E-state index >= 15 is 0 Å². The lowest BCUT2D eigenvalue weighted by Crippen LogP contribution is -2.28. The fraction of sp³-hybridized carbons (Fsp3) is 0.857. The van der Waals surface area contributed by atoms with Crippen LogP contribution in [0.3, 0.4) is 0 Å². The van der Waals surface area contributed by atoms with Gasteiger partial charge in [-0.1, -0.05) is 6.92 Å². The number of hydrogen-bond acceptors (Lipinski definition) is 2. The van der Waals surface area contributed by atoms with Gasteiger partial charge in [-0.3, -0.25) is 0 Å². The van der Waals surface area contributed by atoms with Crippen molar-refractivity contribution in [3.8, 4) is 6.19 Å². The van der Waals surface area contributed by atoms with Crippen LogP contribution < -0.4 is 0 Å². The van der Waals surface area contributed by atoms with Crippen molar-refractivity contribution >= 4 is 0 Å². The first-order chi connectivity index (χ1) is 5.45. The van der Waals surface area contributed by atoms with E-state index in [0.717, 1.165) is 4.90 Å². The van der Waals surface area contributed by atoms with E-state index in [4.69, 9.17) is 5.26 Å². The monoisotopic (exact) mass is 178 g/mol. The molecule has 1 unspecified atom stereocenters. The van der Waals surface area contributed by atoms with Crippen molar-refractivity contribution in [1.82, 2.24) is 4.90 Å². The van der Waals surface area contributed by atoms with Gasteiger partial charge in [0.05, 0.1) is 5.92 Å². The van der Waals surface area contributed by atoms with Crippen LogP contribution in [0.1, 0.15) is 6.92 Å². The highest BCUT2D eigenvalue weighted by molar-refractivity contribution is 4.91. The van der Waals surface area contributed by atoms with E-state index in [-0.39, 0.29) is 13.1 Å². The summed E-state index contributed by atoms with van der Waals surface area (Å²) < 4.78 is 36.6. The Morgan fingerprint density at radius 2 is 2.00 bits per heavy atom. The molecule has 0 aromatic carbocycles. The Morgan fingerprint density at radius 3 is 2.25 bits per heavy atom. The Balaban J connectivity index is 2.65. The van der Waals surface area contributed by atoms with E-state index in [2.05, 4.69) is 0 Å². The molecule has 0 N–H and O–H groups in total. The highest BCUT2D eigenvalue weighted by atomic mass is 19.4. The zero-order chi connectivity index (χ0) is 9.35. The fourth-order valence-corrected chi connectivity index (χ4v) is 1.47. The molecule has 0 aromatic rings. The normalized spacial score (nSPS) is 30.4. The van der Waals surface area contributed by atoms with Crippen LogP contribution in [0, 0.1) is 23.3 Å². The minimum atomic E-state index is -4.16. The van der Waals surface area contributed by atoms with Crippen LogP contribution in [-0.2, 0) is 0 Å². The number of alkyl halides is 3. The van der Waals surface area contributed by atoms with Crippen LogP contribution in [0.5, 0.6) is 0 Å². The Bertz CT molecular complexity index is 206. The average molecular weight is 178 g/mol. The zero-order valence-electron chi connectivity index (χ0n) is 6.60. The fourth-order valence-electron chi connectivity index (χ4n) is 1.47. The van der Waals surface area contributed by atoms with Gasteiger partial charge in [0.1, 0.15) is 0 Å². The first kappa shape index (κ1) is 9.17. The predicted molar refractivity (Wildman–Crippen MR) is 35.9 cm³/mol. The lowest BCUT2D eigenvalue weighted by molar-refractivity contribution is -0.178. The number of halogens is 3. The van der Waals surface area contributed by atoms with Gasteiger partial charge in [0.15, 0.2) is 6.19 Å². The van der Waals surface area contributed by atoms with Crippen molar-refractivity contribution < 1.29 is 13.2 Å². The van der Waals surface area contributed by atoms with Gasteiger partial charge < -0.3 is 4.90 Å². The quantitative estimate of drug-likeness (QED) is 0.527. The van der Waals surface area contributed by atoms with Crippen molar-refractivity contribution in [2.45, 2.75) is 13.1 Å². The summed E-state index contributed by atoms with van der Waals surface area (Å²) >= 11 is 0. The molecule has 12 heavy (non-hydrogen) atoms. The molecule has 0 amide bonds. The second-order valence-corrected chi connectivity index (χ2v) is 3.13. The molecule has 0 aromatic heterocycles. The summed E-state index contributed by atoms with van der Waals surface area (Å²) in [6.07, 6.45) is -2.43. The minimum absolute atomic E-state index is 0.179. The third kappa shape index (κ3) is 1.63. The van der Waals surface area contributed by atoms with Crippen molar-refractivity contribution in [3.05, 3.63) is 0 Å². The molecule has 1 aliphatic heterocycles. The van der Waals surface area contributed by atoms with E-state index < -0.39 is 18.0 Å². The molecule has 68 valence electrons. The minimum Gasteiger partial charge on any atom is -0.310 e. The zero-order valence-corrected chi connectivity index (χ0v) is 6.60. The molecule has 1 saturated heterocycles. The molecule has 1 aliphatic rings. The largest absolute Gasteiger partial charge is 0.393 e. The lowest BCUT2D eigenvalue weighted by atomic mass is 9.98. The first-order valence-corrected chi connectivity index (χ1v) is 3.66. The van der Waals surface area contributed by atoms with Crippen LogP contribution in [-0.4, -0.2) is 24.2 Å². The lowest BCUT2D eigenvalue weighted by Gasteiger charge is -2.16. The second-order valence-electron chi connectivity index (χ2n) is 3.13. The highest BCUT2D eigenvalue weighted by Gasteiger charge is 2.47. The van der Waals surface area contributed by atoms with Crippen LogP contribution in [0.25, 0.3) is 0 Å².